The predicted octanol–water partition coefficient (Wildman–Crippen LogP) is 4.58. The maximum atomic E-state index is 12.3. The Balaban J connectivity index is 2.05. The van der Waals surface area contributed by atoms with Gasteiger partial charge in [0.25, 0.3) is 5.56 Å². The smallest absolute Gasteiger partial charge is 0.269 e. The minimum Gasteiger partial charge on any atom is -0.508 e. The van der Waals surface area contributed by atoms with Crippen molar-refractivity contribution in [1.29, 1.82) is 0 Å². The van der Waals surface area contributed by atoms with Gasteiger partial charge in [-0.2, -0.15) is 0 Å². The van der Waals surface area contributed by atoms with Crippen LogP contribution in [0.1, 0.15) is 5.56 Å². The fourth-order valence-electron chi connectivity index (χ4n) is 2.39. The SMILES string of the molecule is O=c1c(Cl)cc(-c2cccc(O)c2)cn1Cc1cccc(Cl)c1. The summed E-state index contributed by atoms with van der Waals surface area (Å²) < 4.78 is 1.54. The molecule has 0 saturated carbocycles. The maximum absolute atomic E-state index is 12.3. The molecule has 0 saturated heterocycles. The van der Waals surface area contributed by atoms with Gasteiger partial charge in [0.05, 0.1) is 6.54 Å². The van der Waals surface area contributed by atoms with Crippen LogP contribution in [0.5, 0.6) is 5.75 Å². The lowest BCUT2D eigenvalue weighted by molar-refractivity contribution is 0.475. The van der Waals surface area contributed by atoms with Crippen LogP contribution in [0.15, 0.2) is 65.6 Å². The third kappa shape index (κ3) is 3.58. The first-order chi connectivity index (χ1) is 11.0. The van der Waals surface area contributed by atoms with E-state index in [-0.39, 0.29) is 16.3 Å². The Morgan fingerprint density at radius 3 is 2.48 bits per heavy atom. The van der Waals surface area contributed by atoms with E-state index in [0.717, 1.165) is 16.7 Å². The number of nitrogens with zero attached hydrogens (tertiary/aromatic N) is 1. The molecule has 0 radical (unpaired) electrons. The summed E-state index contributed by atoms with van der Waals surface area (Å²) in [4.78, 5) is 12.3. The molecule has 3 aromatic rings. The number of pyridine rings is 1. The van der Waals surface area contributed by atoms with Crippen LogP contribution in [0.4, 0.5) is 0 Å². The molecule has 1 heterocycles. The van der Waals surface area contributed by atoms with E-state index < -0.39 is 0 Å². The Kier molecular flexibility index (Phi) is 4.42. The van der Waals surface area contributed by atoms with Crippen LogP contribution in [0.2, 0.25) is 10.0 Å². The maximum Gasteiger partial charge on any atom is 0.269 e. The zero-order valence-corrected chi connectivity index (χ0v) is 13.6. The van der Waals surface area contributed by atoms with Gasteiger partial charge in [0.1, 0.15) is 10.8 Å². The minimum absolute atomic E-state index is 0.132. The average Bonchev–Trinajstić information content (AvgIpc) is 2.51. The molecule has 116 valence electrons. The molecule has 3 rings (SSSR count). The number of rotatable bonds is 3. The zero-order valence-electron chi connectivity index (χ0n) is 12.0. The second-order valence-electron chi connectivity index (χ2n) is 5.19. The van der Waals surface area contributed by atoms with Crippen LogP contribution in [0.3, 0.4) is 0 Å². The fraction of sp³-hybridized carbons (Fsp3) is 0.0556. The van der Waals surface area contributed by atoms with E-state index in [9.17, 15) is 9.90 Å². The number of aromatic hydroxyl groups is 1. The molecule has 2 aromatic carbocycles. The van der Waals surface area contributed by atoms with Crippen LogP contribution >= 0.6 is 23.2 Å². The summed E-state index contributed by atoms with van der Waals surface area (Å²) in [6.07, 6.45) is 1.73. The van der Waals surface area contributed by atoms with Crippen molar-refractivity contribution in [3.8, 4) is 16.9 Å². The third-order valence-electron chi connectivity index (χ3n) is 3.46. The third-order valence-corrected chi connectivity index (χ3v) is 3.97. The van der Waals surface area contributed by atoms with Crippen molar-refractivity contribution in [2.75, 3.05) is 0 Å². The molecule has 1 N–H and O–H groups in total. The summed E-state index contributed by atoms with van der Waals surface area (Å²) in [6, 6.07) is 15.7. The lowest BCUT2D eigenvalue weighted by Gasteiger charge is -2.10. The second kappa shape index (κ2) is 6.49. The first-order valence-electron chi connectivity index (χ1n) is 6.97. The van der Waals surface area contributed by atoms with Crippen molar-refractivity contribution in [3.05, 3.63) is 86.8 Å². The molecule has 1 aromatic heterocycles. The van der Waals surface area contributed by atoms with Gasteiger partial charge in [-0.1, -0.05) is 47.5 Å². The summed E-state index contributed by atoms with van der Waals surface area (Å²) in [6.45, 7) is 0.367. The number of hydrogen-bond donors (Lipinski definition) is 1. The lowest BCUT2D eigenvalue weighted by Crippen LogP contribution is -2.20. The van der Waals surface area contributed by atoms with Gasteiger partial charge in [-0.3, -0.25) is 4.79 Å². The van der Waals surface area contributed by atoms with E-state index in [1.165, 1.54) is 4.57 Å². The van der Waals surface area contributed by atoms with Crippen LogP contribution in [0, 0.1) is 0 Å². The highest BCUT2D eigenvalue weighted by molar-refractivity contribution is 6.31. The van der Waals surface area contributed by atoms with E-state index in [1.807, 2.05) is 24.3 Å². The molecule has 23 heavy (non-hydrogen) atoms. The molecule has 3 nitrogen and oxygen atoms in total. The highest BCUT2D eigenvalue weighted by Gasteiger charge is 2.08. The van der Waals surface area contributed by atoms with Gasteiger partial charge in [0.15, 0.2) is 0 Å². The molecule has 0 amide bonds. The molecule has 0 aliphatic rings. The molecule has 0 atom stereocenters. The van der Waals surface area contributed by atoms with Gasteiger partial charge in [-0.05, 0) is 47.0 Å². The Labute approximate surface area is 143 Å². The average molecular weight is 346 g/mol. The normalized spacial score (nSPS) is 10.7. The van der Waals surface area contributed by atoms with E-state index in [4.69, 9.17) is 23.2 Å². The largest absolute Gasteiger partial charge is 0.508 e. The Morgan fingerprint density at radius 1 is 0.957 bits per heavy atom. The molecule has 0 bridgehead atoms. The lowest BCUT2D eigenvalue weighted by atomic mass is 10.1. The molecule has 5 heteroatoms. The van der Waals surface area contributed by atoms with E-state index in [0.29, 0.717) is 11.6 Å². The first-order valence-corrected chi connectivity index (χ1v) is 7.72. The van der Waals surface area contributed by atoms with Gasteiger partial charge in [0.2, 0.25) is 0 Å². The van der Waals surface area contributed by atoms with Gasteiger partial charge in [-0.25, -0.2) is 0 Å². The summed E-state index contributed by atoms with van der Waals surface area (Å²) >= 11 is 12.1. The number of aromatic nitrogens is 1. The number of phenolic OH excluding ortho intramolecular Hbond substituents is 1. The molecule has 0 unspecified atom stereocenters. The number of halogens is 2. The monoisotopic (exact) mass is 345 g/mol. The van der Waals surface area contributed by atoms with Crippen molar-refractivity contribution in [2.45, 2.75) is 6.54 Å². The van der Waals surface area contributed by atoms with E-state index >= 15 is 0 Å². The van der Waals surface area contributed by atoms with Crippen LogP contribution < -0.4 is 5.56 Å². The standard InChI is InChI=1S/C18H13Cl2NO2/c19-15-5-1-3-12(7-15)10-21-11-14(9-17(20)18(21)23)13-4-2-6-16(22)8-13/h1-9,11,22H,10H2. The minimum atomic E-state index is -0.268. The van der Waals surface area contributed by atoms with Crippen molar-refractivity contribution in [1.82, 2.24) is 4.57 Å². The first kappa shape index (κ1) is 15.7. The highest BCUT2D eigenvalue weighted by Crippen LogP contribution is 2.24. The predicted molar refractivity (Wildman–Crippen MR) is 93.4 cm³/mol. The summed E-state index contributed by atoms with van der Waals surface area (Å²) in [7, 11) is 0. The molecular weight excluding hydrogens is 333 g/mol. The van der Waals surface area contributed by atoms with Crippen molar-refractivity contribution < 1.29 is 5.11 Å². The van der Waals surface area contributed by atoms with Crippen molar-refractivity contribution in [2.24, 2.45) is 0 Å². The van der Waals surface area contributed by atoms with E-state index in [1.54, 1.807) is 36.5 Å². The van der Waals surface area contributed by atoms with Gasteiger partial charge < -0.3 is 9.67 Å². The summed E-state index contributed by atoms with van der Waals surface area (Å²) in [5, 5.41) is 10.4. The van der Waals surface area contributed by atoms with Crippen molar-refractivity contribution >= 4 is 23.2 Å². The fourth-order valence-corrected chi connectivity index (χ4v) is 2.83. The van der Waals surface area contributed by atoms with Crippen LogP contribution in [-0.2, 0) is 6.54 Å². The summed E-state index contributed by atoms with van der Waals surface area (Å²) in [5.41, 5.74) is 2.18. The number of hydrogen-bond acceptors (Lipinski definition) is 2. The Hall–Kier alpha value is -2.23. The topological polar surface area (TPSA) is 42.2 Å². The molecule has 0 spiro atoms. The van der Waals surface area contributed by atoms with Gasteiger partial charge in [-0.15, -0.1) is 0 Å². The van der Waals surface area contributed by atoms with Gasteiger partial charge >= 0.3 is 0 Å². The van der Waals surface area contributed by atoms with Crippen LogP contribution in [-0.4, -0.2) is 9.67 Å². The highest BCUT2D eigenvalue weighted by atomic mass is 35.5. The molecule has 0 fully saturated rings. The Morgan fingerprint density at radius 2 is 1.74 bits per heavy atom. The Bertz CT molecular complexity index is 919. The van der Waals surface area contributed by atoms with Crippen molar-refractivity contribution in [3.63, 3.8) is 0 Å². The number of phenols is 1. The quantitative estimate of drug-likeness (QED) is 0.755. The second-order valence-corrected chi connectivity index (χ2v) is 6.03. The zero-order chi connectivity index (χ0) is 16.4. The van der Waals surface area contributed by atoms with Crippen LogP contribution in [0.25, 0.3) is 11.1 Å². The molecular formula is C18H13Cl2NO2. The number of benzene rings is 2. The van der Waals surface area contributed by atoms with Gasteiger partial charge in [0, 0.05) is 11.2 Å². The summed E-state index contributed by atoms with van der Waals surface area (Å²) in [5.74, 6) is 0.159. The molecule has 0 aliphatic carbocycles. The molecule has 0 aliphatic heterocycles. The van der Waals surface area contributed by atoms with E-state index in [2.05, 4.69) is 0 Å².